The highest BCUT2D eigenvalue weighted by atomic mass is 79.9. The molecule has 0 spiro atoms. The van der Waals surface area contributed by atoms with E-state index in [1.807, 2.05) is 6.07 Å². The highest BCUT2D eigenvalue weighted by Crippen LogP contribution is 2.34. The Labute approximate surface area is 102 Å². The first kappa shape index (κ1) is 10.7. The molecule has 3 heteroatoms. The van der Waals surface area contributed by atoms with E-state index < -0.39 is 0 Å². The van der Waals surface area contributed by atoms with Crippen LogP contribution in [-0.2, 0) is 5.33 Å². The molecule has 0 N–H and O–H groups in total. The molecule has 0 radical (unpaired) electrons. The van der Waals surface area contributed by atoms with Crippen LogP contribution in [0.4, 0.5) is 0 Å². The van der Waals surface area contributed by atoms with Crippen molar-refractivity contribution in [1.82, 2.24) is 0 Å². The molecule has 0 aliphatic carbocycles. The molecule has 1 heterocycles. The lowest BCUT2D eigenvalue weighted by atomic mass is 10.1. The van der Waals surface area contributed by atoms with Crippen LogP contribution in [0.5, 0.6) is 5.75 Å². The fourth-order valence-corrected chi connectivity index (χ4v) is 2.56. The lowest BCUT2D eigenvalue weighted by Crippen LogP contribution is -1.88. The summed E-state index contributed by atoms with van der Waals surface area (Å²) in [5.41, 5.74) is 2.43. The van der Waals surface area contributed by atoms with Crippen molar-refractivity contribution in [3.63, 3.8) is 0 Å². The van der Waals surface area contributed by atoms with Crippen molar-refractivity contribution < 1.29 is 4.74 Å². The largest absolute Gasteiger partial charge is 0.496 e. The molecule has 0 aliphatic rings. The summed E-state index contributed by atoms with van der Waals surface area (Å²) in [6.45, 7) is 0. The smallest absolute Gasteiger partial charge is 0.127 e. The predicted octanol–water partition coefficient (Wildman–Crippen LogP) is 4.32. The van der Waals surface area contributed by atoms with Crippen molar-refractivity contribution in [2.45, 2.75) is 5.33 Å². The third kappa shape index (κ3) is 2.24. The van der Waals surface area contributed by atoms with Crippen LogP contribution in [0.15, 0.2) is 35.7 Å². The van der Waals surface area contributed by atoms with E-state index in [1.165, 1.54) is 16.0 Å². The monoisotopic (exact) mass is 282 g/mol. The average molecular weight is 283 g/mol. The number of thiophene rings is 1. The van der Waals surface area contributed by atoms with Gasteiger partial charge in [-0.15, -0.1) is 11.3 Å². The zero-order chi connectivity index (χ0) is 10.7. The Hall–Kier alpha value is -0.800. The molecule has 2 aromatic rings. The number of hydrogen-bond donors (Lipinski definition) is 0. The highest BCUT2D eigenvalue weighted by Gasteiger charge is 2.07. The van der Waals surface area contributed by atoms with Crippen LogP contribution < -0.4 is 4.74 Å². The maximum atomic E-state index is 5.36. The maximum absolute atomic E-state index is 5.36. The SMILES string of the molecule is COc1ccc(CBr)cc1-c1cccs1. The summed E-state index contributed by atoms with van der Waals surface area (Å²) in [6.07, 6.45) is 0. The standard InChI is InChI=1S/C12H11BrOS/c1-14-11-5-4-9(8-13)7-10(11)12-3-2-6-15-12/h2-7H,8H2,1H3. The first-order valence-electron chi connectivity index (χ1n) is 4.62. The molecule has 15 heavy (non-hydrogen) atoms. The number of hydrogen-bond acceptors (Lipinski definition) is 2. The third-order valence-electron chi connectivity index (χ3n) is 2.20. The Morgan fingerprint density at radius 2 is 2.20 bits per heavy atom. The topological polar surface area (TPSA) is 9.23 Å². The molecule has 0 fully saturated rings. The Morgan fingerprint density at radius 1 is 1.33 bits per heavy atom. The van der Waals surface area contributed by atoms with Gasteiger partial charge in [-0.05, 0) is 29.1 Å². The van der Waals surface area contributed by atoms with Gasteiger partial charge in [-0.3, -0.25) is 0 Å². The Kier molecular flexibility index (Phi) is 3.44. The zero-order valence-corrected chi connectivity index (χ0v) is 10.8. The van der Waals surface area contributed by atoms with E-state index in [0.29, 0.717) is 0 Å². The van der Waals surface area contributed by atoms with Gasteiger partial charge >= 0.3 is 0 Å². The number of methoxy groups -OCH3 is 1. The van der Waals surface area contributed by atoms with Crippen LogP contribution in [0.2, 0.25) is 0 Å². The maximum Gasteiger partial charge on any atom is 0.127 e. The quantitative estimate of drug-likeness (QED) is 0.762. The van der Waals surface area contributed by atoms with Crippen molar-refractivity contribution in [3.8, 4) is 16.2 Å². The first-order chi connectivity index (χ1) is 7.35. The van der Waals surface area contributed by atoms with Gasteiger partial charge in [-0.1, -0.05) is 28.1 Å². The van der Waals surface area contributed by atoms with Gasteiger partial charge in [0.25, 0.3) is 0 Å². The van der Waals surface area contributed by atoms with E-state index in [9.17, 15) is 0 Å². The minimum absolute atomic E-state index is 0.870. The molecule has 0 unspecified atom stereocenters. The van der Waals surface area contributed by atoms with Crippen molar-refractivity contribution >= 4 is 27.3 Å². The van der Waals surface area contributed by atoms with Gasteiger partial charge in [0.1, 0.15) is 5.75 Å². The number of halogens is 1. The molecule has 0 atom stereocenters. The van der Waals surface area contributed by atoms with Crippen LogP contribution in [0.25, 0.3) is 10.4 Å². The molecule has 0 saturated carbocycles. The predicted molar refractivity (Wildman–Crippen MR) is 68.9 cm³/mol. The summed E-state index contributed by atoms with van der Waals surface area (Å²) in [5.74, 6) is 0.933. The second-order valence-electron chi connectivity index (χ2n) is 3.15. The molecule has 0 saturated heterocycles. The third-order valence-corrected chi connectivity index (χ3v) is 3.76. The van der Waals surface area contributed by atoms with Crippen molar-refractivity contribution in [1.29, 1.82) is 0 Å². The second kappa shape index (κ2) is 4.81. The minimum atomic E-state index is 0.870. The van der Waals surface area contributed by atoms with Crippen molar-refractivity contribution in [2.75, 3.05) is 7.11 Å². The summed E-state index contributed by atoms with van der Waals surface area (Å²) in [7, 11) is 1.71. The fraction of sp³-hybridized carbons (Fsp3) is 0.167. The van der Waals surface area contributed by atoms with Crippen molar-refractivity contribution in [2.24, 2.45) is 0 Å². The zero-order valence-electron chi connectivity index (χ0n) is 8.37. The lowest BCUT2D eigenvalue weighted by molar-refractivity contribution is 0.416. The highest BCUT2D eigenvalue weighted by molar-refractivity contribution is 9.08. The first-order valence-corrected chi connectivity index (χ1v) is 6.62. The molecule has 1 aromatic carbocycles. The molecule has 0 amide bonds. The van der Waals surface area contributed by atoms with E-state index in [0.717, 1.165) is 11.1 Å². The molecule has 1 aromatic heterocycles. The lowest BCUT2D eigenvalue weighted by Gasteiger charge is -2.08. The van der Waals surface area contributed by atoms with E-state index in [4.69, 9.17) is 4.74 Å². The van der Waals surface area contributed by atoms with E-state index in [2.05, 4.69) is 45.6 Å². The van der Waals surface area contributed by atoms with Gasteiger partial charge in [0.2, 0.25) is 0 Å². The Bertz CT molecular complexity index is 437. The molecule has 2 rings (SSSR count). The van der Waals surface area contributed by atoms with E-state index in [-0.39, 0.29) is 0 Å². The summed E-state index contributed by atoms with van der Waals surface area (Å²) >= 11 is 5.19. The molecule has 1 nitrogen and oxygen atoms in total. The van der Waals surface area contributed by atoms with Gasteiger partial charge < -0.3 is 4.74 Å². The fourth-order valence-electron chi connectivity index (χ4n) is 1.46. The van der Waals surface area contributed by atoms with Crippen LogP contribution in [0, 0.1) is 0 Å². The summed E-state index contributed by atoms with van der Waals surface area (Å²) in [5, 5.41) is 2.95. The van der Waals surface area contributed by atoms with E-state index >= 15 is 0 Å². The molecule has 0 aliphatic heterocycles. The summed E-state index contributed by atoms with van der Waals surface area (Å²) < 4.78 is 5.36. The number of rotatable bonds is 3. The molecular weight excluding hydrogens is 272 g/mol. The summed E-state index contributed by atoms with van der Waals surface area (Å²) in [6, 6.07) is 10.4. The average Bonchev–Trinajstić information content (AvgIpc) is 2.81. The Balaban J connectivity index is 2.52. The van der Waals surface area contributed by atoms with Gasteiger partial charge in [0.05, 0.1) is 7.11 Å². The normalized spacial score (nSPS) is 10.3. The van der Waals surface area contributed by atoms with Crippen molar-refractivity contribution in [3.05, 3.63) is 41.3 Å². The van der Waals surface area contributed by atoms with Gasteiger partial charge in [0.15, 0.2) is 0 Å². The number of alkyl halides is 1. The molecular formula is C12H11BrOS. The molecule has 78 valence electrons. The molecule has 0 bridgehead atoms. The van der Waals surface area contributed by atoms with Crippen LogP contribution in [-0.4, -0.2) is 7.11 Å². The second-order valence-corrected chi connectivity index (χ2v) is 4.65. The van der Waals surface area contributed by atoms with Gasteiger partial charge in [-0.2, -0.15) is 0 Å². The summed E-state index contributed by atoms with van der Waals surface area (Å²) in [4.78, 5) is 1.25. The van der Waals surface area contributed by atoms with Crippen LogP contribution >= 0.6 is 27.3 Å². The van der Waals surface area contributed by atoms with E-state index in [1.54, 1.807) is 18.4 Å². The minimum Gasteiger partial charge on any atom is -0.496 e. The van der Waals surface area contributed by atoms with Crippen LogP contribution in [0.1, 0.15) is 5.56 Å². The Morgan fingerprint density at radius 3 is 2.80 bits per heavy atom. The van der Waals surface area contributed by atoms with Crippen LogP contribution in [0.3, 0.4) is 0 Å². The van der Waals surface area contributed by atoms with Gasteiger partial charge in [0, 0.05) is 15.8 Å². The van der Waals surface area contributed by atoms with Gasteiger partial charge in [-0.25, -0.2) is 0 Å². The number of ether oxygens (including phenoxy) is 1. The number of benzene rings is 1.